The van der Waals surface area contributed by atoms with Gasteiger partial charge in [0.1, 0.15) is 23.2 Å². The van der Waals surface area contributed by atoms with E-state index in [1.54, 1.807) is 69.1 Å². The lowest BCUT2D eigenvalue weighted by atomic mass is 10.0. The zero-order valence-electron chi connectivity index (χ0n) is 24.3. The highest BCUT2D eigenvalue weighted by molar-refractivity contribution is 7.92. The van der Waals surface area contributed by atoms with Crippen molar-refractivity contribution in [2.75, 3.05) is 36.8 Å². The summed E-state index contributed by atoms with van der Waals surface area (Å²) in [7, 11) is -2.22. The zero-order valence-corrected chi connectivity index (χ0v) is 25.1. The highest BCUT2D eigenvalue weighted by Crippen LogP contribution is 2.30. The minimum absolute atomic E-state index is 0.0671. The topological polar surface area (TPSA) is 154 Å². The summed E-state index contributed by atoms with van der Waals surface area (Å²) in [5.74, 6) is 0.419. The van der Waals surface area contributed by atoms with E-state index in [9.17, 15) is 23.1 Å². The van der Waals surface area contributed by atoms with E-state index in [2.05, 4.69) is 15.2 Å². The maximum atomic E-state index is 13.5. The molecule has 0 aliphatic carbocycles. The number of amides is 3. The molecule has 0 saturated carbocycles. The summed E-state index contributed by atoms with van der Waals surface area (Å²) < 4.78 is 40.0. The van der Waals surface area contributed by atoms with E-state index in [1.807, 2.05) is 6.92 Å². The third-order valence-corrected chi connectivity index (χ3v) is 8.69. The number of anilines is 2. The maximum absolute atomic E-state index is 13.5. The number of aromatic nitrogens is 1. The van der Waals surface area contributed by atoms with Gasteiger partial charge in [-0.15, -0.1) is 0 Å². The molecular weight excluding hydrogens is 562 g/mol. The van der Waals surface area contributed by atoms with Gasteiger partial charge >= 0.3 is 6.03 Å². The smallest absolute Gasteiger partial charge is 0.321 e. The Morgan fingerprint density at radius 3 is 2.57 bits per heavy atom. The van der Waals surface area contributed by atoms with Crippen LogP contribution in [0.3, 0.4) is 0 Å². The van der Waals surface area contributed by atoms with E-state index in [1.165, 1.54) is 17.0 Å². The number of benzene rings is 2. The molecule has 3 amide bonds. The van der Waals surface area contributed by atoms with Crippen molar-refractivity contribution in [2.45, 2.75) is 51.2 Å². The highest BCUT2D eigenvalue weighted by atomic mass is 32.2. The normalized spacial score (nSPS) is 18.1. The van der Waals surface area contributed by atoms with Crippen LogP contribution in [0.5, 0.6) is 5.75 Å². The van der Waals surface area contributed by atoms with Crippen molar-refractivity contribution in [1.29, 1.82) is 0 Å². The Kier molecular flexibility index (Phi) is 9.42. The molecule has 1 aliphatic heterocycles. The van der Waals surface area contributed by atoms with Gasteiger partial charge in [0.05, 0.1) is 30.5 Å². The van der Waals surface area contributed by atoms with Crippen molar-refractivity contribution in [2.24, 2.45) is 5.92 Å². The SMILES string of the molecule is Cc1noc(C)c1NC(=O)N(C)C[C@H]1Oc2ccc(NS(=O)(=O)c3ccccc3)cc2CC(=O)N([C@H](C)CO)C[C@H]1C. The van der Waals surface area contributed by atoms with Gasteiger partial charge in [-0.05, 0) is 51.1 Å². The number of carbonyl (C=O) groups excluding carboxylic acids is 2. The number of aryl methyl sites for hydroxylation is 2. The molecule has 226 valence electrons. The van der Waals surface area contributed by atoms with E-state index in [-0.39, 0.29) is 54.6 Å². The molecule has 0 spiro atoms. The average molecular weight is 600 g/mol. The number of nitrogens with one attached hydrogen (secondary N) is 2. The number of aliphatic hydroxyl groups excluding tert-OH is 1. The molecule has 2 aromatic carbocycles. The van der Waals surface area contributed by atoms with Crippen LogP contribution in [0.2, 0.25) is 0 Å². The van der Waals surface area contributed by atoms with Crippen LogP contribution in [0.1, 0.15) is 30.9 Å². The summed E-state index contributed by atoms with van der Waals surface area (Å²) in [5, 5.41) is 16.6. The first kappa shape index (κ1) is 30.8. The number of hydrogen-bond donors (Lipinski definition) is 3. The molecule has 1 aromatic heterocycles. The summed E-state index contributed by atoms with van der Waals surface area (Å²) in [5.41, 5.74) is 1.81. The number of hydrogen-bond acceptors (Lipinski definition) is 8. The molecule has 3 aromatic rings. The van der Waals surface area contributed by atoms with Gasteiger partial charge in [0.15, 0.2) is 5.76 Å². The maximum Gasteiger partial charge on any atom is 0.321 e. The van der Waals surface area contributed by atoms with Gasteiger partial charge < -0.3 is 29.5 Å². The monoisotopic (exact) mass is 599 g/mol. The quantitative estimate of drug-likeness (QED) is 0.356. The zero-order chi connectivity index (χ0) is 30.6. The Bertz CT molecular complexity index is 1510. The summed E-state index contributed by atoms with van der Waals surface area (Å²) >= 11 is 0. The molecule has 1 aliphatic rings. The summed E-state index contributed by atoms with van der Waals surface area (Å²) in [6, 6.07) is 11.9. The molecule has 3 N–H and O–H groups in total. The Morgan fingerprint density at radius 1 is 1.21 bits per heavy atom. The Balaban J connectivity index is 1.62. The van der Waals surface area contributed by atoms with Crippen molar-refractivity contribution in [1.82, 2.24) is 15.0 Å². The van der Waals surface area contributed by atoms with Crippen LogP contribution < -0.4 is 14.8 Å². The molecule has 0 radical (unpaired) electrons. The fourth-order valence-corrected chi connectivity index (χ4v) is 5.81. The number of urea groups is 1. The number of rotatable bonds is 8. The number of ether oxygens (including phenoxy) is 1. The Labute approximate surface area is 245 Å². The lowest BCUT2D eigenvalue weighted by Gasteiger charge is -2.34. The van der Waals surface area contributed by atoms with Gasteiger partial charge in [0, 0.05) is 30.8 Å². The van der Waals surface area contributed by atoms with Crippen LogP contribution in [0.4, 0.5) is 16.2 Å². The number of nitrogens with zero attached hydrogens (tertiary/aromatic N) is 3. The van der Waals surface area contributed by atoms with Crippen molar-refractivity contribution in [3.05, 3.63) is 65.5 Å². The molecule has 13 heteroatoms. The summed E-state index contributed by atoms with van der Waals surface area (Å²) in [6.07, 6.45) is -0.613. The molecule has 2 heterocycles. The van der Waals surface area contributed by atoms with Crippen LogP contribution in [-0.4, -0.2) is 79.3 Å². The van der Waals surface area contributed by atoms with Crippen molar-refractivity contribution < 1.29 is 32.4 Å². The molecular formula is C29H37N5O7S. The lowest BCUT2D eigenvalue weighted by molar-refractivity contribution is -0.134. The van der Waals surface area contributed by atoms with Crippen LogP contribution in [0, 0.1) is 19.8 Å². The predicted molar refractivity (Wildman–Crippen MR) is 157 cm³/mol. The van der Waals surface area contributed by atoms with Gasteiger partial charge in [0.2, 0.25) is 5.91 Å². The molecule has 4 rings (SSSR count). The summed E-state index contributed by atoms with van der Waals surface area (Å²) in [6.45, 7) is 7.34. The first-order chi connectivity index (χ1) is 19.9. The minimum atomic E-state index is -3.86. The molecule has 0 saturated heterocycles. The number of sulfonamides is 1. The van der Waals surface area contributed by atoms with Crippen LogP contribution >= 0.6 is 0 Å². The Morgan fingerprint density at radius 2 is 1.93 bits per heavy atom. The molecule has 0 bridgehead atoms. The largest absolute Gasteiger partial charge is 0.488 e. The number of likely N-dealkylation sites (N-methyl/N-ethyl adjacent to an activating group) is 1. The highest BCUT2D eigenvalue weighted by Gasteiger charge is 2.32. The van der Waals surface area contributed by atoms with Crippen molar-refractivity contribution >= 4 is 33.3 Å². The fourth-order valence-electron chi connectivity index (χ4n) is 4.74. The number of aliphatic hydroxyl groups is 1. The summed E-state index contributed by atoms with van der Waals surface area (Å²) in [4.78, 5) is 29.7. The lowest BCUT2D eigenvalue weighted by Crippen LogP contribution is -2.48. The van der Waals surface area contributed by atoms with Crippen LogP contribution in [0.25, 0.3) is 0 Å². The van der Waals surface area contributed by atoms with E-state index < -0.39 is 22.2 Å². The van der Waals surface area contributed by atoms with E-state index >= 15 is 0 Å². The molecule has 42 heavy (non-hydrogen) atoms. The predicted octanol–water partition coefficient (Wildman–Crippen LogP) is 3.41. The number of fused-ring (bicyclic) bond motifs is 1. The second-order valence-electron chi connectivity index (χ2n) is 10.6. The standard InChI is InChI=1S/C29H37N5O7S/c1-18-15-34(19(2)17-35)27(36)14-22-13-23(32-42(38,39)24-9-7-6-8-10-24)11-12-25(22)40-26(18)16-33(5)29(37)30-28-20(3)31-41-21(28)4/h6-13,18-19,26,32,35H,14-17H2,1-5H3,(H,30,37)/t18-,19-,26-/m1/s1. The first-order valence-corrected chi connectivity index (χ1v) is 15.1. The minimum Gasteiger partial charge on any atom is -0.488 e. The average Bonchev–Trinajstić information content (AvgIpc) is 3.29. The van der Waals surface area contributed by atoms with E-state index in [4.69, 9.17) is 9.26 Å². The van der Waals surface area contributed by atoms with Gasteiger partial charge in [0.25, 0.3) is 10.0 Å². The molecule has 0 unspecified atom stereocenters. The molecule has 3 atom stereocenters. The Hall–Kier alpha value is -4.10. The van der Waals surface area contributed by atoms with E-state index in [0.717, 1.165) is 0 Å². The van der Waals surface area contributed by atoms with Crippen molar-refractivity contribution in [3.63, 3.8) is 0 Å². The van der Waals surface area contributed by atoms with Gasteiger partial charge in [-0.2, -0.15) is 0 Å². The van der Waals surface area contributed by atoms with Crippen LogP contribution in [0.15, 0.2) is 57.9 Å². The number of carbonyl (C=O) groups is 2. The van der Waals surface area contributed by atoms with Gasteiger partial charge in [-0.25, -0.2) is 13.2 Å². The second-order valence-corrected chi connectivity index (χ2v) is 12.3. The molecule has 0 fully saturated rings. The van der Waals surface area contributed by atoms with Crippen LogP contribution in [-0.2, 0) is 21.2 Å². The third kappa shape index (κ3) is 7.02. The van der Waals surface area contributed by atoms with Gasteiger partial charge in [-0.1, -0.05) is 30.3 Å². The third-order valence-electron chi connectivity index (χ3n) is 7.29. The molecule has 12 nitrogen and oxygen atoms in total. The van der Waals surface area contributed by atoms with E-state index in [0.29, 0.717) is 28.5 Å². The van der Waals surface area contributed by atoms with Crippen molar-refractivity contribution in [3.8, 4) is 5.75 Å². The second kappa shape index (κ2) is 12.8. The fraction of sp³-hybridized carbons (Fsp3) is 0.414. The first-order valence-electron chi connectivity index (χ1n) is 13.6. The van der Waals surface area contributed by atoms with Gasteiger partial charge in [-0.3, -0.25) is 9.52 Å².